The molecule has 3 heterocycles. The van der Waals surface area contributed by atoms with Gasteiger partial charge in [0.05, 0.1) is 6.54 Å². The molecule has 0 aliphatic carbocycles. The number of nitrogens with zero attached hydrogens (tertiary/aromatic N) is 3. The van der Waals surface area contributed by atoms with Crippen molar-refractivity contribution in [3.05, 3.63) is 22.4 Å². The van der Waals surface area contributed by atoms with Crippen LogP contribution < -0.4 is 0 Å². The Hall–Kier alpha value is -1.40. The van der Waals surface area contributed by atoms with E-state index in [2.05, 4.69) is 16.3 Å². The van der Waals surface area contributed by atoms with Crippen LogP contribution in [0.2, 0.25) is 0 Å². The van der Waals surface area contributed by atoms with E-state index in [1.165, 1.54) is 5.56 Å². The van der Waals surface area contributed by atoms with E-state index in [9.17, 15) is 9.59 Å². The summed E-state index contributed by atoms with van der Waals surface area (Å²) in [7, 11) is 1.88. The van der Waals surface area contributed by atoms with E-state index in [4.69, 9.17) is 0 Å². The predicted octanol–water partition coefficient (Wildman–Crippen LogP) is 2.18. The Labute approximate surface area is 148 Å². The molecule has 0 N–H and O–H groups in total. The molecule has 2 atom stereocenters. The molecule has 2 aliphatic rings. The van der Waals surface area contributed by atoms with E-state index in [0.29, 0.717) is 25.2 Å². The molecule has 0 bridgehead atoms. The van der Waals surface area contributed by atoms with Gasteiger partial charge in [0.25, 0.3) is 0 Å². The smallest absolute Gasteiger partial charge is 0.236 e. The molecule has 2 amide bonds. The summed E-state index contributed by atoms with van der Waals surface area (Å²) in [5.74, 6) is 0.339. The molecule has 1 aromatic heterocycles. The third-order valence-electron chi connectivity index (χ3n) is 5.33. The molecule has 0 aromatic carbocycles. The Morgan fingerprint density at radius 1 is 1.25 bits per heavy atom. The zero-order valence-electron chi connectivity index (χ0n) is 14.6. The number of thiophene rings is 1. The van der Waals surface area contributed by atoms with Crippen molar-refractivity contribution < 1.29 is 9.59 Å². The maximum Gasteiger partial charge on any atom is 0.236 e. The van der Waals surface area contributed by atoms with Gasteiger partial charge >= 0.3 is 0 Å². The van der Waals surface area contributed by atoms with E-state index in [0.717, 1.165) is 38.8 Å². The second-order valence-electron chi connectivity index (χ2n) is 6.98. The van der Waals surface area contributed by atoms with Gasteiger partial charge in [-0.05, 0) is 54.6 Å². The van der Waals surface area contributed by atoms with E-state index in [1.807, 2.05) is 22.2 Å². The molecule has 0 spiro atoms. The number of hydrogen-bond acceptors (Lipinski definition) is 4. The van der Waals surface area contributed by atoms with Crippen molar-refractivity contribution in [2.24, 2.45) is 0 Å². The molecule has 2 fully saturated rings. The molecule has 3 rings (SSSR count). The third kappa shape index (κ3) is 3.81. The number of rotatable bonds is 5. The van der Waals surface area contributed by atoms with Gasteiger partial charge in [-0.1, -0.05) is 0 Å². The van der Waals surface area contributed by atoms with Crippen molar-refractivity contribution in [1.82, 2.24) is 14.7 Å². The largest absolute Gasteiger partial charge is 0.340 e. The fourth-order valence-corrected chi connectivity index (χ4v) is 4.77. The molecule has 132 valence electrons. The second-order valence-corrected chi connectivity index (χ2v) is 7.76. The predicted molar refractivity (Wildman–Crippen MR) is 95.8 cm³/mol. The first-order chi connectivity index (χ1) is 11.6. The highest BCUT2D eigenvalue weighted by Crippen LogP contribution is 2.30. The minimum Gasteiger partial charge on any atom is -0.340 e. The van der Waals surface area contributed by atoms with Gasteiger partial charge in [-0.15, -0.1) is 0 Å². The van der Waals surface area contributed by atoms with Crippen LogP contribution >= 0.6 is 11.3 Å². The fourth-order valence-electron chi connectivity index (χ4n) is 4.11. The monoisotopic (exact) mass is 349 g/mol. The minimum absolute atomic E-state index is 0.167. The standard InChI is InChI=1S/C18H27N3O2S/c1-14(22)21-9-4-6-17(21)16-5-3-8-20(16)12-18(23)19(2)11-15-7-10-24-13-15/h7,10,13,16-17H,3-6,8-9,11-12H2,1-2H3/t16-,17-/m0/s1. The lowest BCUT2D eigenvalue weighted by atomic mass is 10.0. The molecule has 24 heavy (non-hydrogen) atoms. The van der Waals surface area contributed by atoms with Crippen LogP contribution in [-0.4, -0.2) is 65.3 Å². The molecule has 6 heteroatoms. The summed E-state index contributed by atoms with van der Waals surface area (Å²) in [6.07, 6.45) is 4.37. The number of carbonyl (C=O) groups excluding carboxylic acids is 2. The normalized spacial score (nSPS) is 24.5. The lowest BCUT2D eigenvalue weighted by Crippen LogP contribution is -2.50. The number of carbonyl (C=O) groups is 2. The first-order valence-electron chi connectivity index (χ1n) is 8.82. The van der Waals surface area contributed by atoms with E-state index >= 15 is 0 Å². The van der Waals surface area contributed by atoms with Crippen molar-refractivity contribution in [3.8, 4) is 0 Å². The Morgan fingerprint density at radius 2 is 2.00 bits per heavy atom. The first-order valence-corrected chi connectivity index (χ1v) is 9.77. The molecular formula is C18H27N3O2S. The van der Waals surface area contributed by atoms with Gasteiger partial charge in [-0.25, -0.2) is 0 Å². The van der Waals surface area contributed by atoms with Crippen LogP contribution in [0.25, 0.3) is 0 Å². The summed E-state index contributed by atoms with van der Waals surface area (Å²) in [5, 5.41) is 4.13. The van der Waals surface area contributed by atoms with Crippen LogP contribution in [0.1, 0.15) is 38.2 Å². The Morgan fingerprint density at radius 3 is 2.71 bits per heavy atom. The maximum atomic E-state index is 12.6. The van der Waals surface area contributed by atoms with Gasteiger partial charge in [0.15, 0.2) is 0 Å². The highest BCUT2D eigenvalue weighted by Gasteiger charge is 2.39. The van der Waals surface area contributed by atoms with Gasteiger partial charge in [-0.3, -0.25) is 14.5 Å². The average Bonchev–Trinajstić information content (AvgIpc) is 3.27. The lowest BCUT2D eigenvalue weighted by molar-refractivity contribution is -0.133. The number of hydrogen-bond donors (Lipinski definition) is 0. The summed E-state index contributed by atoms with van der Waals surface area (Å²) < 4.78 is 0. The SMILES string of the molecule is CC(=O)N1CCC[C@H]1[C@@H]1CCCN1CC(=O)N(C)Cc1ccsc1. The van der Waals surface area contributed by atoms with Crippen LogP contribution in [-0.2, 0) is 16.1 Å². The van der Waals surface area contributed by atoms with Crippen molar-refractivity contribution in [2.75, 3.05) is 26.7 Å². The van der Waals surface area contributed by atoms with Crippen molar-refractivity contribution in [1.29, 1.82) is 0 Å². The Balaban J connectivity index is 1.59. The van der Waals surface area contributed by atoms with Crippen molar-refractivity contribution >= 4 is 23.2 Å². The quantitative estimate of drug-likeness (QED) is 0.818. The number of likely N-dealkylation sites (tertiary alicyclic amines) is 2. The number of likely N-dealkylation sites (N-methyl/N-ethyl adjacent to an activating group) is 1. The first kappa shape index (κ1) is 17.4. The van der Waals surface area contributed by atoms with E-state index in [-0.39, 0.29) is 11.8 Å². The van der Waals surface area contributed by atoms with Gasteiger partial charge < -0.3 is 9.80 Å². The van der Waals surface area contributed by atoms with E-state index in [1.54, 1.807) is 18.3 Å². The summed E-state index contributed by atoms with van der Waals surface area (Å²) in [6.45, 7) is 4.63. The van der Waals surface area contributed by atoms with Crippen LogP contribution in [0.3, 0.4) is 0 Å². The van der Waals surface area contributed by atoms with Gasteiger partial charge in [0.2, 0.25) is 11.8 Å². The molecule has 1 aromatic rings. The minimum atomic E-state index is 0.167. The molecule has 5 nitrogen and oxygen atoms in total. The molecule has 0 saturated carbocycles. The van der Waals surface area contributed by atoms with Crippen LogP contribution in [0.15, 0.2) is 16.8 Å². The van der Waals surface area contributed by atoms with Crippen LogP contribution in [0, 0.1) is 0 Å². The fraction of sp³-hybridized carbons (Fsp3) is 0.667. The van der Waals surface area contributed by atoms with Gasteiger partial charge in [-0.2, -0.15) is 11.3 Å². The van der Waals surface area contributed by atoms with Crippen LogP contribution in [0.5, 0.6) is 0 Å². The lowest BCUT2D eigenvalue weighted by Gasteiger charge is -2.35. The average molecular weight is 350 g/mol. The Bertz CT molecular complexity index is 575. The third-order valence-corrected chi connectivity index (χ3v) is 6.06. The second kappa shape index (κ2) is 7.66. The van der Waals surface area contributed by atoms with E-state index < -0.39 is 0 Å². The van der Waals surface area contributed by atoms with Gasteiger partial charge in [0, 0.05) is 39.1 Å². The molecule has 2 saturated heterocycles. The highest BCUT2D eigenvalue weighted by atomic mass is 32.1. The maximum absolute atomic E-state index is 12.6. The highest BCUT2D eigenvalue weighted by molar-refractivity contribution is 7.07. The van der Waals surface area contributed by atoms with Crippen molar-refractivity contribution in [2.45, 2.75) is 51.2 Å². The topological polar surface area (TPSA) is 43.9 Å². The van der Waals surface area contributed by atoms with Crippen LogP contribution in [0.4, 0.5) is 0 Å². The summed E-state index contributed by atoms with van der Waals surface area (Å²) in [4.78, 5) is 30.6. The Kier molecular flexibility index (Phi) is 5.56. The summed E-state index contributed by atoms with van der Waals surface area (Å²) in [5.41, 5.74) is 1.19. The van der Waals surface area contributed by atoms with Gasteiger partial charge in [0.1, 0.15) is 0 Å². The molecule has 0 unspecified atom stereocenters. The number of amides is 2. The van der Waals surface area contributed by atoms with Crippen molar-refractivity contribution in [3.63, 3.8) is 0 Å². The molecule has 0 radical (unpaired) electrons. The zero-order valence-corrected chi connectivity index (χ0v) is 15.4. The summed E-state index contributed by atoms with van der Waals surface area (Å²) in [6, 6.07) is 2.70. The zero-order chi connectivity index (χ0) is 17.1. The molecule has 2 aliphatic heterocycles. The molecular weight excluding hydrogens is 322 g/mol. The summed E-state index contributed by atoms with van der Waals surface area (Å²) >= 11 is 1.66.